The Morgan fingerprint density at radius 3 is 2.39 bits per heavy atom. The van der Waals surface area contributed by atoms with Crippen LogP contribution in [0.2, 0.25) is 5.02 Å². The molecule has 0 aliphatic rings. The zero-order chi connectivity index (χ0) is 19.7. The molecule has 0 aliphatic heterocycles. The Hall–Kier alpha value is -2.79. The summed E-state index contributed by atoms with van der Waals surface area (Å²) in [7, 11) is 0. The lowest BCUT2D eigenvalue weighted by atomic mass is 9.85. The molecular weight excluding hydrogens is 385 g/mol. The van der Waals surface area contributed by atoms with E-state index in [-0.39, 0.29) is 0 Å². The van der Waals surface area contributed by atoms with E-state index in [4.69, 9.17) is 11.6 Å². The van der Waals surface area contributed by atoms with Crippen molar-refractivity contribution in [3.63, 3.8) is 0 Å². The Kier molecular flexibility index (Phi) is 4.85. The van der Waals surface area contributed by atoms with Crippen LogP contribution in [-0.2, 0) is 0 Å². The zero-order valence-electron chi connectivity index (χ0n) is 14.7. The largest absolute Gasteiger partial charge is 0.390 e. The van der Waals surface area contributed by atoms with E-state index in [1.807, 2.05) is 6.07 Å². The second kappa shape index (κ2) is 7.32. The molecule has 1 atom stereocenters. The highest BCUT2D eigenvalue weighted by Crippen LogP contribution is 2.43. The predicted molar refractivity (Wildman–Crippen MR) is 105 cm³/mol. The van der Waals surface area contributed by atoms with Gasteiger partial charge in [0.05, 0.1) is 17.8 Å². The molecule has 0 bridgehead atoms. The Morgan fingerprint density at radius 2 is 1.71 bits per heavy atom. The Balaban J connectivity index is 2.00. The maximum absolute atomic E-state index is 13.5. The zero-order valence-corrected chi connectivity index (χ0v) is 15.4. The van der Waals surface area contributed by atoms with Crippen LogP contribution in [0, 0.1) is 0 Å². The highest BCUT2D eigenvalue weighted by Gasteiger charge is 2.36. The first-order valence-corrected chi connectivity index (χ1v) is 9.14. The molecule has 2 nitrogen and oxygen atoms in total. The van der Waals surface area contributed by atoms with Gasteiger partial charge < -0.3 is 4.98 Å². The second-order valence-electron chi connectivity index (χ2n) is 6.60. The van der Waals surface area contributed by atoms with Crippen LogP contribution in [0.4, 0.5) is 13.2 Å². The van der Waals surface area contributed by atoms with Crippen molar-refractivity contribution >= 4 is 22.5 Å². The number of pyridine rings is 1. The van der Waals surface area contributed by atoms with Gasteiger partial charge in [-0.2, -0.15) is 13.2 Å². The number of H-pyrrole nitrogens is 1. The van der Waals surface area contributed by atoms with Crippen molar-refractivity contribution in [2.75, 3.05) is 0 Å². The van der Waals surface area contributed by atoms with Crippen molar-refractivity contribution < 1.29 is 13.2 Å². The minimum Gasteiger partial charge on any atom is -0.353 e. The number of halogens is 4. The fourth-order valence-corrected chi connectivity index (χ4v) is 3.74. The van der Waals surface area contributed by atoms with E-state index in [0.717, 1.165) is 0 Å². The topological polar surface area (TPSA) is 28.7 Å². The molecule has 0 saturated heterocycles. The quantitative estimate of drug-likeness (QED) is 0.393. The molecule has 2 heterocycles. The van der Waals surface area contributed by atoms with Crippen LogP contribution in [0.1, 0.15) is 23.5 Å². The van der Waals surface area contributed by atoms with Gasteiger partial charge >= 0.3 is 6.18 Å². The number of benzene rings is 2. The third-order valence-corrected chi connectivity index (χ3v) is 4.94. The van der Waals surface area contributed by atoms with Crippen molar-refractivity contribution in [3.8, 4) is 11.4 Å². The highest BCUT2D eigenvalue weighted by molar-refractivity contribution is 6.31. The normalized spacial score (nSPS) is 13.0. The monoisotopic (exact) mass is 400 g/mol. The first-order chi connectivity index (χ1) is 13.4. The number of aromatic nitrogens is 2. The number of rotatable bonds is 4. The van der Waals surface area contributed by atoms with Crippen LogP contribution >= 0.6 is 11.6 Å². The molecule has 6 heteroatoms. The fourth-order valence-electron chi connectivity index (χ4n) is 3.57. The van der Waals surface area contributed by atoms with E-state index in [1.165, 1.54) is 0 Å². The minimum atomic E-state index is -4.32. The molecule has 0 aliphatic carbocycles. The average molecular weight is 401 g/mol. The molecule has 28 heavy (non-hydrogen) atoms. The van der Waals surface area contributed by atoms with E-state index in [2.05, 4.69) is 9.97 Å². The highest BCUT2D eigenvalue weighted by atomic mass is 35.5. The van der Waals surface area contributed by atoms with Crippen molar-refractivity contribution in [2.45, 2.75) is 18.5 Å². The number of fused-ring (bicyclic) bond motifs is 1. The summed E-state index contributed by atoms with van der Waals surface area (Å²) in [5, 5.41) is 1.23. The summed E-state index contributed by atoms with van der Waals surface area (Å²) in [5.74, 6) is -0.867. The lowest BCUT2D eigenvalue weighted by molar-refractivity contribution is -0.136. The maximum Gasteiger partial charge on any atom is 0.390 e. The Labute approximate surface area is 165 Å². The SMILES string of the molecule is FC(F)(F)CC(c1ccccc1)c1c(-c2ccccn2)[nH]c2cc(Cl)ccc12. The summed E-state index contributed by atoms with van der Waals surface area (Å²) in [5.41, 5.74) is 3.04. The van der Waals surface area contributed by atoms with E-state index in [1.54, 1.807) is 66.9 Å². The van der Waals surface area contributed by atoms with Gasteiger partial charge in [-0.05, 0) is 35.4 Å². The first kappa shape index (κ1) is 18.6. The van der Waals surface area contributed by atoms with Crippen molar-refractivity contribution in [1.82, 2.24) is 9.97 Å². The maximum atomic E-state index is 13.5. The van der Waals surface area contributed by atoms with Gasteiger partial charge in [-0.3, -0.25) is 4.98 Å². The number of hydrogen-bond donors (Lipinski definition) is 1. The summed E-state index contributed by atoms with van der Waals surface area (Å²) in [4.78, 5) is 7.60. The summed E-state index contributed by atoms with van der Waals surface area (Å²) in [6, 6.07) is 19.3. The molecule has 1 unspecified atom stereocenters. The molecule has 1 N–H and O–H groups in total. The standard InChI is InChI=1S/C22H16ClF3N2/c23-15-9-10-16-19(12-15)28-21(18-8-4-5-11-27-18)20(16)17(13-22(24,25)26)14-6-2-1-3-7-14/h1-12,17,28H,13H2. The first-order valence-electron chi connectivity index (χ1n) is 8.76. The van der Waals surface area contributed by atoms with Crippen LogP contribution in [0.3, 0.4) is 0 Å². The average Bonchev–Trinajstić information content (AvgIpc) is 3.05. The second-order valence-corrected chi connectivity index (χ2v) is 7.04. The van der Waals surface area contributed by atoms with Crippen LogP contribution < -0.4 is 0 Å². The minimum absolute atomic E-state index is 0.514. The number of hydrogen-bond acceptors (Lipinski definition) is 1. The molecule has 142 valence electrons. The number of aromatic amines is 1. The van der Waals surface area contributed by atoms with Gasteiger partial charge in [-0.15, -0.1) is 0 Å². The fraction of sp³-hybridized carbons (Fsp3) is 0.136. The summed E-state index contributed by atoms with van der Waals surface area (Å²) in [6.45, 7) is 0. The number of alkyl halides is 3. The molecule has 2 aromatic carbocycles. The lowest BCUT2D eigenvalue weighted by Gasteiger charge is -2.21. The molecule has 0 amide bonds. The van der Waals surface area contributed by atoms with Gasteiger partial charge in [0.15, 0.2) is 0 Å². The van der Waals surface area contributed by atoms with Gasteiger partial charge in [-0.25, -0.2) is 0 Å². The molecule has 0 radical (unpaired) electrons. The molecule has 4 rings (SSSR count). The van der Waals surface area contributed by atoms with Gasteiger partial charge in [0.25, 0.3) is 0 Å². The summed E-state index contributed by atoms with van der Waals surface area (Å²) in [6.07, 6.45) is -3.66. The molecule has 0 fully saturated rings. The van der Waals surface area contributed by atoms with E-state index < -0.39 is 18.5 Å². The van der Waals surface area contributed by atoms with Crippen LogP contribution in [-0.4, -0.2) is 16.1 Å². The van der Waals surface area contributed by atoms with Gasteiger partial charge in [-0.1, -0.05) is 54.1 Å². The smallest absolute Gasteiger partial charge is 0.353 e. The van der Waals surface area contributed by atoms with Gasteiger partial charge in [0.1, 0.15) is 0 Å². The van der Waals surface area contributed by atoms with Crippen LogP contribution in [0.5, 0.6) is 0 Å². The van der Waals surface area contributed by atoms with Crippen molar-refractivity contribution in [2.24, 2.45) is 0 Å². The van der Waals surface area contributed by atoms with Crippen LogP contribution in [0.15, 0.2) is 72.9 Å². The van der Waals surface area contributed by atoms with Gasteiger partial charge in [0, 0.05) is 28.0 Å². The third-order valence-electron chi connectivity index (χ3n) is 4.71. The molecule has 4 aromatic rings. The number of nitrogens with one attached hydrogen (secondary N) is 1. The Bertz CT molecular complexity index is 1090. The third kappa shape index (κ3) is 3.76. The Morgan fingerprint density at radius 1 is 0.964 bits per heavy atom. The van der Waals surface area contributed by atoms with Crippen LogP contribution in [0.25, 0.3) is 22.3 Å². The van der Waals surface area contributed by atoms with Crippen molar-refractivity contribution in [1.29, 1.82) is 0 Å². The molecule has 0 spiro atoms. The summed E-state index contributed by atoms with van der Waals surface area (Å²) >= 11 is 6.11. The van der Waals surface area contributed by atoms with E-state index >= 15 is 0 Å². The lowest BCUT2D eigenvalue weighted by Crippen LogP contribution is -2.15. The predicted octanol–water partition coefficient (Wildman–Crippen LogP) is 6.97. The molecule has 0 saturated carbocycles. The van der Waals surface area contributed by atoms with Gasteiger partial charge in [0.2, 0.25) is 0 Å². The summed E-state index contributed by atoms with van der Waals surface area (Å²) < 4.78 is 40.6. The van der Waals surface area contributed by atoms with E-state index in [0.29, 0.717) is 38.4 Å². The van der Waals surface area contributed by atoms with E-state index in [9.17, 15) is 13.2 Å². The number of nitrogens with zero attached hydrogens (tertiary/aromatic N) is 1. The molecule has 2 aromatic heterocycles. The molecular formula is C22H16ClF3N2. The van der Waals surface area contributed by atoms with Crippen molar-refractivity contribution in [3.05, 3.63) is 89.1 Å².